The van der Waals surface area contributed by atoms with E-state index >= 15 is 0 Å². The lowest BCUT2D eigenvalue weighted by atomic mass is 10.3. The van der Waals surface area contributed by atoms with Crippen molar-refractivity contribution in [2.75, 3.05) is 0 Å². The van der Waals surface area contributed by atoms with E-state index in [2.05, 4.69) is 23.1 Å². The second kappa shape index (κ2) is 5.42. The van der Waals surface area contributed by atoms with Crippen LogP contribution < -0.4 is 5.73 Å². The summed E-state index contributed by atoms with van der Waals surface area (Å²) in [6.07, 6.45) is 0.662. The first-order valence-electron chi connectivity index (χ1n) is 3.70. The molecule has 13 heavy (non-hydrogen) atoms. The van der Waals surface area contributed by atoms with Crippen molar-refractivity contribution >= 4 is 24.0 Å². The fourth-order valence-corrected chi connectivity index (χ4v) is 0.902. The van der Waals surface area contributed by atoms with Crippen LogP contribution >= 0.6 is 12.2 Å². The van der Waals surface area contributed by atoms with Gasteiger partial charge in [-0.25, -0.2) is 4.98 Å². The highest BCUT2D eigenvalue weighted by molar-refractivity contribution is 7.77. The maximum Gasteiger partial charge on any atom is 0.286 e. The summed E-state index contributed by atoms with van der Waals surface area (Å²) >= 11 is 3.83. The molecule has 5 heteroatoms. The van der Waals surface area contributed by atoms with Crippen LogP contribution in [0.15, 0.2) is 4.42 Å². The Morgan fingerprint density at radius 3 is 2.54 bits per heavy atom. The van der Waals surface area contributed by atoms with E-state index in [-0.39, 0.29) is 5.76 Å². The van der Waals surface area contributed by atoms with Crippen molar-refractivity contribution < 1.29 is 9.21 Å². The van der Waals surface area contributed by atoms with Crippen LogP contribution in [0, 0.1) is 6.92 Å². The first-order valence-corrected chi connectivity index (χ1v) is 4.27. The highest BCUT2D eigenvalue weighted by Crippen LogP contribution is 2.09. The van der Waals surface area contributed by atoms with Crippen molar-refractivity contribution in [3.05, 3.63) is 17.3 Å². The normalized spacial score (nSPS) is 8.77. The van der Waals surface area contributed by atoms with Gasteiger partial charge in [0.05, 0.1) is 5.69 Å². The SMILES string of the molecule is C=S.CCc1nc(C)oc1C(N)=O. The third kappa shape index (κ3) is 2.95. The number of rotatable bonds is 2. The fraction of sp³-hybridized carbons (Fsp3) is 0.375. The van der Waals surface area contributed by atoms with Crippen LogP contribution in [0.1, 0.15) is 29.1 Å². The third-order valence-corrected chi connectivity index (χ3v) is 1.36. The van der Waals surface area contributed by atoms with Crippen molar-refractivity contribution in [3.63, 3.8) is 0 Å². The molecule has 0 aliphatic carbocycles. The zero-order chi connectivity index (χ0) is 10.4. The Kier molecular flexibility index (Phi) is 4.91. The number of primary amides is 1. The number of hydrogen-bond acceptors (Lipinski definition) is 4. The van der Waals surface area contributed by atoms with Crippen molar-refractivity contribution in [2.45, 2.75) is 20.3 Å². The van der Waals surface area contributed by atoms with E-state index in [0.29, 0.717) is 18.0 Å². The lowest BCUT2D eigenvalue weighted by Gasteiger charge is -1.89. The van der Waals surface area contributed by atoms with Crippen LogP contribution in [0.4, 0.5) is 0 Å². The average molecular weight is 200 g/mol. The number of aryl methyl sites for hydroxylation is 2. The smallest absolute Gasteiger partial charge is 0.286 e. The number of hydrogen-bond donors (Lipinski definition) is 1. The Hall–Kier alpha value is -1.23. The summed E-state index contributed by atoms with van der Waals surface area (Å²) in [4.78, 5) is 14.7. The first kappa shape index (κ1) is 11.8. The zero-order valence-electron chi connectivity index (χ0n) is 7.66. The highest BCUT2D eigenvalue weighted by Gasteiger charge is 2.13. The quantitative estimate of drug-likeness (QED) is 0.730. The van der Waals surface area contributed by atoms with Crippen molar-refractivity contribution in [1.29, 1.82) is 0 Å². The summed E-state index contributed by atoms with van der Waals surface area (Å²) in [6.45, 7) is 3.58. The molecule has 2 N–H and O–H groups in total. The zero-order valence-corrected chi connectivity index (χ0v) is 8.48. The van der Waals surface area contributed by atoms with Gasteiger partial charge >= 0.3 is 0 Å². The number of carbonyl (C=O) groups is 1. The molecule has 0 radical (unpaired) electrons. The number of nitrogens with two attached hydrogens (primary N) is 1. The Labute approximate surface area is 82.1 Å². The summed E-state index contributed by atoms with van der Waals surface area (Å²) in [5.41, 5.74) is 5.67. The molecule has 0 aromatic carbocycles. The van der Waals surface area contributed by atoms with E-state index in [1.165, 1.54) is 0 Å². The lowest BCUT2D eigenvalue weighted by Crippen LogP contribution is -2.11. The molecule has 0 fully saturated rings. The van der Waals surface area contributed by atoms with E-state index in [4.69, 9.17) is 10.2 Å². The Balaban J connectivity index is 0.000000671. The van der Waals surface area contributed by atoms with Gasteiger partial charge in [-0.15, -0.1) is 0 Å². The molecule has 0 atom stereocenters. The number of oxazole rings is 1. The molecule has 4 nitrogen and oxygen atoms in total. The van der Waals surface area contributed by atoms with Crippen molar-refractivity contribution in [2.24, 2.45) is 5.73 Å². The monoisotopic (exact) mass is 200 g/mol. The Bertz CT molecular complexity index is 296. The second-order valence-corrected chi connectivity index (χ2v) is 2.23. The van der Waals surface area contributed by atoms with Gasteiger partial charge in [0.1, 0.15) is 0 Å². The largest absolute Gasteiger partial charge is 0.436 e. The molecular formula is C8H12N2O2S. The van der Waals surface area contributed by atoms with Gasteiger partial charge in [-0.1, -0.05) is 19.1 Å². The predicted molar refractivity (Wildman–Crippen MR) is 53.8 cm³/mol. The van der Waals surface area contributed by atoms with Gasteiger partial charge < -0.3 is 10.2 Å². The molecule has 0 aliphatic rings. The molecule has 0 saturated carbocycles. The number of amides is 1. The summed E-state index contributed by atoms with van der Waals surface area (Å²) in [5.74, 6) is 2.95. The molecule has 1 rings (SSSR count). The summed E-state index contributed by atoms with van der Waals surface area (Å²) in [6, 6.07) is 0. The van der Waals surface area contributed by atoms with Gasteiger partial charge in [0.2, 0.25) is 5.76 Å². The third-order valence-electron chi connectivity index (χ3n) is 1.36. The number of carbonyl (C=O) groups excluding carboxylic acids is 1. The highest BCUT2D eigenvalue weighted by atomic mass is 32.1. The van der Waals surface area contributed by atoms with Gasteiger partial charge in [-0.05, 0) is 12.3 Å². The van der Waals surface area contributed by atoms with Gasteiger partial charge in [-0.3, -0.25) is 4.79 Å². The number of nitrogens with zero attached hydrogens (tertiary/aromatic N) is 1. The molecule has 1 aromatic heterocycles. The van der Waals surface area contributed by atoms with Crippen LogP contribution in [0.25, 0.3) is 0 Å². The molecule has 0 aliphatic heterocycles. The molecule has 72 valence electrons. The molecule has 1 amide bonds. The molecule has 1 heterocycles. The van der Waals surface area contributed by atoms with E-state index in [1.807, 2.05) is 6.92 Å². The summed E-state index contributed by atoms with van der Waals surface area (Å²) < 4.78 is 4.98. The number of aromatic nitrogens is 1. The first-order chi connectivity index (χ1) is 6.15. The van der Waals surface area contributed by atoms with Crippen LogP contribution in [0.5, 0.6) is 0 Å². The van der Waals surface area contributed by atoms with Gasteiger partial charge in [-0.2, -0.15) is 0 Å². The minimum atomic E-state index is -0.553. The van der Waals surface area contributed by atoms with Gasteiger partial charge in [0, 0.05) is 6.92 Å². The molecular weight excluding hydrogens is 188 g/mol. The van der Waals surface area contributed by atoms with Gasteiger partial charge in [0.15, 0.2) is 5.89 Å². The Morgan fingerprint density at radius 1 is 1.69 bits per heavy atom. The predicted octanol–water partition coefficient (Wildman–Crippen LogP) is 1.26. The summed E-state index contributed by atoms with van der Waals surface area (Å²) in [5, 5.41) is 0. The molecule has 0 bridgehead atoms. The minimum absolute atomic E-state index is 0.185. The van der Waals surface area contributed by atoms with Crippen LogP contribution in [0.3, 0.4) is 0 Å². The van der Waals surface area contributed by atoms with Gasteiger partial charge in [0.25, 0.3) is 5.91 Å². The molecule has 0 spiro atoms. The number of thiocarbonyl (C=S) groups is 1. The van der Waals surface area contributed by atoms with Crippen LogP contribution in [-0.2, 0) is 6.42 Å². The topological polar surface area (TPSA) is 69.1 Å². The van der Waals surface area contributed by atoms with Crippen molar-refractivity contribution in [1.82, 2.24) is 4.98 Å². The van der Waals surface area contributed by atoms with E-state index in [1.54, 1.807) is 6.92 Å². The Morgan fingerprint density at radius 2 is 2.23 bits per heavy atom. The van der Waals surface area contributed by atoms with Crippen LogP contribution in [0.2, 0.25) is 0 Å². The maximum absolute atomic E-state index is 10.7. The van der Waals surface area contributed by atoms with E-state index in [0.717, 1.165) is 0 Å². The fourth-order valence-electron chi connectivity index (χ4n) is 0.902. The summed E-state index contributed by atoms with van der Waals surface area (Å²) in [7, 11) is 0. The van der Waals surface area contributed by atoms with Crippen LogP contribution in [-0.4, -0.2) is 16.8 Å². The molecule has 1 aromatic rings. The standard InChI is InChI=1S/C7H10N2O2.CH2S/c1-3-5-6(7(8)10)11-4(2)9-5;1-2/h3H2,1-2H3,(H2,8,10);1H2. The second-order valence-electron chi connectivity index (χ2n) is 2.23. The lowest BCUT2D eigenvalue weighted by molar-refractivity contribution is 0.0971. The minimum Gasteiger partial charge on any atom is -0.436 e. The molecule has 0 saturated heterocycles. The molecule has 0 unspecified atom stereocenters. The average Bonchev–Trinajstić information content (AvgIpc) is 2.50. The maximum atomic E-state index is 10.7. The van der Waals surface area contributed by atoms with Crippen molar-refractivity contribution in [3.8, 4) is 0 Å². The van der Waals surface area contributed by atoms with E-state index < -0.39 is 5.91 Å². The van der Waals surface area contributed by atoms with E-state index in [9.17, 15) is 4.79 Å².